The molecule has 0 aliphatic rings. The van der Waals surface area contributed by atoms with Gasteiger partial charge in [-0.05, 0) is 43.0 Å². The van der Waals surface area contributed by atoms with Crippen molar-refractivity contribution in [3.05, 3.63) is 78.2 Å². The fourth-order valence-corrected chi connectivity index (χ4v) is 3.67. The van der Waals surface area contributed by atoms with Crippen LogP contribution in [0.4, 0.5) is 5.69 Å². The molecule has 1 amide bonds. The van der Waals surface area contributed by atoms with Crippen LogP contribution >= 0.6 is 11.8 Å². The quantitative estimate of drug-likeness (QED) is 0.413. The lowest BCUT2D eigenvalue weighted by atomic mass is 10.1. The highest BCUT2D eigenvalue weighted by atomic mass is 32.2. The number of anilines is 1. The third kappa shape index (κ3) is 4.80. The van der Waals surface area contributed by atoms with Crippen LogP contribution in [0.2, 0.25) is 0 Å². The molecule has 0 fully saturated rings. The van der Waals surface area contributed by atoms with E-state index in [9.17, 15) is 4.79 Å². The van der Waals surface area contributed by atoms with Crippen LogP contribution in [0.3, 0.4) is 0 Å². The largest absolute Gasteiger partial charge is 0.484 e. The normalized spacial score (nSPS) is 11.9. The van der Waals surface area contributed by atoms with Gasteiger partial charge in [0, 0.05) is 11.1 Å². The van der Waals surface area contributed by atoms with Gasteiger partial charge in [0.2, 0.25) is 5.91 Å². The van der Waals surface area contributed by atoms with Crippen LogP contribution in [0.1, 0.15) is 18.4 Å². The lowest BCUT2D eigenvalue weighted by molar-refractivity contribution is -0.115. The molecule has 1 atom stereocenters. The van der Waals surface area contributed by atoms with E-state index in [4.69, 9.17) is 9.15 Å². The average Bonchev–Trinajstić information content (AvgIpc) is 3.20. The van der Waals surface area contributed by atoms with Crippen molar-refractivity contribution in [3.63, 3.8) is 0 Å². The van der Waals surface area contributed by atoms with E-state index < -0.39 is 5.25 Å². The first kappa shape index (κ1) is 20.0. The van der Waals surface area contributed by atoms with Crippen molar-refractivity contribution in [1.82, 2.24) is 10.2 Å². The summed E-state index contributed by atoms with van der Waals surface area (Å²) in [5.41, 5.74) is 1.89. The van der Waals surface area contributed by atoms with Crippen molar-refractivity contribution >= 4 is 34.1 Å². The Balaban J connectivity index is 1.35. The monoisotopic (exact) mass is 419 g/mol. The third-order valence-electron chi connectivity index (χ3n) is 4.49. The minimum absolute atomic E-state index is 0.132. The number of carbonyl (C=O) groups excluding carboxylic acids is 1. The first-order chi connectivity index (χ1) is 14.6. The maximum absolute atomic E-state index is 12.7. The van der Waals surface area contributed by atoms with Crippen molar-refractivity contribution in [1.29, 1.82) is 0 Å². The molecule has 4 rings (SSSR count). The summed E-state index contributed by atoms with van der Waals surface area (Å²) in [6, 6.07) is 21.5. The molecule has 1 heterocycles. The highest BCUT2D eigenvalue weighted by Crippen LogP contribution is 2.26. The molecule has 7 heteroatoms. The van der Waals surface area contributed by atoms with E-state index in [-0.39, 0.29) is 12.5 Å². The van der Waals surface area contributed by atoms with E-state index in [0.717, 1.165) is 27.8 Å². The molecule has 4 aromatic rings. The maximum atomic E-state index is 12.7. The van der Waals surface area contributed by atoms with Gasteiger partial charge in [-0.3, -0.25) is 4.79 Å². The lowest BCUT2D eigenvalue weighted by Crippen LogP contribution is -2.22. The number of ether oxygens (including phenoxy) is 1. The van der Waals surface area contributed by atoms with Gasteiger partial charge >= 0.3 is 0 Å². The van der Waals surface area contributed by atoms with Gasteiger partial charge in [0.1, 0.15) is 5.75 Å². The summed E-state index contributed by atoms with van der Waals surface area (Å²) < 4.78 is 11.3. The van der Waals surface area contributed by atoms with Crippen LogP contribution in [0.25, 0.3) is 10.8 Å². The molecule has 0 bridgehead atoms. The summed E-state index contributed by atoms with van der Waals surface area (Å²) in [5.74, 6) is 0.970. The molecule has 1 aromatic heterocycles. The lowest BCUT2D eigenvalue weighted by Gasteiger charge is -2.12. The molecule has 30 heavy (non-hydrogen) atoms. The number of benzene rings is 3. The van der Waals surface area contributed by atoms with Crippen molar-refractivity contribution < 1.29 is 13.9 Å². The molecule has 1 N–H and O–H groups in total. The van der Waals surface area contributed by atoms with Crippen LogP contribution < -0.4 is 10.1 Å². The van der Waals surface area contributed by atoms with Crippen molar-refractivity contribution in [3.8, 4) is 5.75 Å². The van der Waals surface area contributed by atoms with Gasteiger partial charge in [0.15, 0.2) is 6.61 Å². The second-order valence-electron chi connectivity index (χ2n) is 6.84. The number of thioether (sulfide) groups is 1. The van der Waals surface area contributed by atoms with Gasteiger partial charge in [-0.25, -0.2) is 0 Å². The Morgan fingerprint density at radius 2 is 1.90 bits per heavy atom. The van der Waals surface area contributed by atoms with Crippen LogP contribution in [0.5, 0.6) is 5.75 Å². The fourth-order valence-electron chi connectivity index (χ4n) is 2.97. The number of nitrogens with zero attached hydrogens (tertiary/aromatic N) is 2. The van der Waals surface area contributed by atoms with Crippen molar-refractivity contribution in [2.45, 2.75) is 30.9 Å². The van der Waals surface area contributed by atoms with Crippen LogP contribution in [0, 0.1) is 6.92 Å². The second-order valence-corrected chi connectivity index (χ2v) is 8.13. The predicted octanol–water partition coefficient (Wildman–Crippen LogP) is 5.23. The Labute approximate surface area is 178 Å². The summed E-state index contributed by atoms with van der Waals surface area (Å²) >= 11 is 1.21. The molecule has 0 aliphatic heterocycles. The number of rotatable bonds is 7. The van der Waals surface area contributed by atoms with Gasteiger partial charge in [0.05, 0.1) is 5.25 Å². The van der Waals surface area contributed by atoms with Gasteiger partial charge in [-0.15, -0.1) is 10.2 Å². The molecular weight excluding hydrogens is 398 g/mol. The fraction of sp³-hybridized carbons (Fsp3) is 0.174. The van der Waals surface area contributed by atoms with Gasteiger partial charge < -0.3 is 14.5 Å². The summed E-state index contributed by atoms with van der Waals surface area (Å²) in [7, 11) is 0. The number of aromatic nitrogens is 2. The Kier molecular flexibility index (Phi) is 5.99. The molecule has 1 unspecified atom stereocenters. The Morgan fingerprint density at radius 3 is 2.77 bits per heavy atom. The average molecular weight is 420 g/mol. The summed E-state index contributed by atoms with van der Waals surface area (Å²) in [4.78, 5) is 12.7. The molecule has 0 saturated heterocycles. The van der Waals surface area contributed by atoms with E-state index >= 15 is 0 Å². The van der Waals surface area contributed by atoms with E-state index in [2.05, 4.69) is 15.5 Å². The first-order valence-corrected chi connectivity index (χ1v) is 10.4. The van der Waals surface area contributed by atoms with E-state index in [1.807, 2.05) is 73.7 Å². The van der Waals surface area contributed by atoms with E-state index in [1.54, 1.807) is 6.92 Å². The predicted molar refractivity (Wildman–Crippen MR) is 118 cm³/mol. The summed E-state index contributed by atoms with van der Waals surface area (Å²) in [6.45, 7) is 3.98. The number of hydrogen-bond donors (Lipinski definition) is 1. The SMILES string of the molecule is Cc1cccc(OCc2nnc(SC(C)C(=O)Nc3cccc4ccccc34)o2)c1. The van der Waals surface area contributed by atoms with Crippen molar-refractivity contribution in [2.75, 3.05) is 5.32 Å². The topological polar surface area (TPSA) is 77.2 Å². The highest BCUT2D eigenvalue weighted by molar-refractivity contribution is 8.00. The summed E-state index contributed by atoms with van der Waals surface area (Å²) in [5, 5.41) is 13.0. The van der Waals surface area contributed by atoms with Crippen LogP contribution in [-0.4, -0.2) is 21.4 Å². The van der Waals surface area contributed by atoms with Gasteiger partial charge in [0.25, 0.3) is 11.1 Å². The van der Waals surface area contributed by atoms with Gasteiger partial charge in [-0.2, -0.15) is 0 Å². The molecule has 0 saturated carbocycles. The smallest absolute Gasteiger partial charge is 0.277 e. The van der Waals surface area contributed by atoms with Gasteiger partial charge in [-0.1, -0.05) is 60.3 Å². The number of hydrogen-bond acceptors (Lipinski definition) is 6. The number of carbonyl (C=O) groups is 1. The molecule has 0 spiro atoms. The summed E-state index contributed by atoms with van der Waals surface area (Å²) in [6.07, 6.45) is 0. The third-order valence-corrected chi connectivity index (χ3v) is 5.43. The van der Waals surface area contributed by atoms with Crippen LogP contribution in [0.15, 0.2) is 76.4 Å². The van der Waals surface area contributed by atoms with Crippen LogP contribution in [-0.2, 0) is 11.4 Å². The Hall–Kier alpha value is -3.32. The first-order valence-electron chi connectivity index (χ1n) is 9.55. The van der Waals surface area contributed by atoms with E-state index in [0.29, 0.717) is 11.1 Å². The van der Waals surface area contributed by atoms with Crippen molar-refractivity contribution in [2.24, 2.45) is 0 Å². The number of fused-ring (bicyclic) bond motifs is 1. The molecule has 152 valence electrons. The minimum atomic E-state index is -0.407. The molecule has 0 radical (unpaired) electrons. The zero-order valence-electron chi connectivity index (χ0n) is 16.7. The number of amides is 1. The zero-order valence-corrected chi connectivity index (χ0v) is 17.5. The molecular formula is C23H21N3O3S. The standard InChI is InChI=1S/C23H21N3O3S/c1-15-7-5-10-18(13-15)28-14-21-25-26-23(29-21)30-16(2)22(27)24-20-12-6-9-17-8-3-4-11-19(17)20/h3-13,16H,14H2,1-2H3,(H,24,27). The number of aryl methyl sites for hydroxylation is 1. The highest BCUT2D eigenvalue weighted by Gasteiger charge is 2.19. The minimum Gasteiger partial charge on any atom is -0.484 e. The Morgan fingerprint density at radius 1 is 1.10 bits per heavy atom. The van der Waals surface area contributed by atoms with E-state index in [1.165, 1.54) is 11.8 Å². The Bertz CT molecular complexity index is 1170. The zero-order chi connectivity index (χ0) is 20.9. The maximum Gasteiger partial charge on any atom is 0.277 e. The second kappa shape index (κ2) is 9.00. The molecule has 3 aromatic carbocycles. The molecule has 6 nitrogen and oxygen atoms in total. The number of nitrogens with one attached hydrogen (secondary N) is 1. The molecule has 0 aliphatic carbocycles.